The van der Waals surface area contributed by atoms with E-state index in [0.717, 1.165) is 17.8 Å². The normalized spacial score (nSPS) is 15.8. The summed E-state index contributed by atoms with van der Waals surface area (Å²) in [6.45, 7) is 3.70. The molecule has 1 unspecified atom stereocenters. The number of carbonyl (C=O) groups is 2. The van der Waals surface area contributed by atoms with Gasteiger partial charge in [0.25, 0.3) is 5.91 Å². The molecule has 4 N–H and O–H groups in total. The van der Waals surface area contributed by atoms with Gasteiger partial charge in [0.05, 0.1) is 11.9 Å². The third-order valence-corrected chi connectivity index (χ3v) is 6.63. The number of nitrogens with two attached hydrogens (primary N) is 2. The lowest BCUT2D eigenvalue weighted by molar-refractivity contribution is -0.280. The zero-order valence-electron chi connectivity index (χ0n) is 21.5. The highest BCUT2D eigenvalue weighted by Crippen LogP contribution is 2.45. The number of piperazine rings is 1. The Hall–Kier alpha value is -4.56. The molecule has 0 bridgehead atoms. The van der Waals surface area contributed by atoms with Gasteiger partial charge in [-0.1, -0.05) is 30.3 Å². The number of carbonyl (C=O) groups excluding carboxylic acids is 2. The van der Waals surface area contributed by atoms with Gasteiger partial charge in [0, 0.05) is 43.0 Å². The number of alkyl halides is 6. The Morgan fingerprint density at radius 3 is 2.10 bits per heavy atom. The molecular formula is C26H24F6N6O3. The van der Waals surface area contributed by atoms with Gasteiger partial charge in [-0.25, -0.2) is 14.8 Å². The van der Waals surface area contributed by atoms with Gasteiger partial charge < -0.3 is 26.0 Å². The summed E-state index contributed by atoms with van der Waals surface area (Å²) in [7, 11) is 0. The molecule has 218 valence electrons. The van der Waals surface area contributed by atoms with E-state index in [-0.39, 0.29) is 22.9 Å². The van der Waals surface area contributed by atoms with Crippen LogP contribution in [0.3, 0.4) is 0 Å². The molecule has 1 aromatic heterocycles. The number of benzene rings is 2. The molecule has 1 atom stereocenters. The number of halogens is 6. The molecule has 0 spiro atoms. The number of para-hydroxylation sites is 1. The van der Waals surface area contributed by atoms with E-state index in [0.29, 0.717) is 37.8 Å². The van der Waals surface area contributed by atoms with Gasteiger partial charge >= 0.3 is 23.9 Å². The zero-order valence-corrected chi connectivity index (χ0v) is 21.5. The molecule has 15 heteroatoms. The quantitative estimate of drug-likeness (QED) is 0.333. The third kappa shape index (κ3) is 5.69. The third-order valence-electron chi connectivity index (χ3n) is 6.63. The van der Waals surface area contributed by atoms with E-state index in [4.69, 9.17) is 11.5 Å². The van der Waals surface area contributed by atoms with Crippen LogP contribution in [0.2, 0.25) is 0 Å². The molecule has 1 fully saturated rings. The van der Waals surface area contributed by atoms with Crippen molar-refractivity contribution in [2.24, 2.45) is 5.73 Å². The topological polar surface area (TPSA) is 128 Å². The number of hydrogen-bond acceptors (Lipinski definition) is 8. The Balaban J connectivity index is 1.72. The first-order valence-corrected chi connectivity index (χ1v) is 12.1. The summed E-state index contributed by atoms with van der Waals surface area (Å²) in [5.41, 5.74) is 6.78. The summed E-state index contributed by atoms with van der Waals surface area (Å²) in [6.07, 6.45) is -10.5. The van der Waals surface area contributed by atoms with Crippen molar-refractivity contribution < 1.29 is 40.7 Å². The Kier molecular flexibility index (Phi) is 7.74. The highest BCUT2D eigenvalue weighted by Gasteiger charge is 2.66. The van der Waals surface area contributed by atoms with E-state index in [1.165, 1.54) is 13.1 Å². The molecule has 1 aliphatic heterocycles. The molecule has 2 aromatic carbocycles. The molecule has 4 rings (SSSR count). The second-order valence-electron chi connectivity index (χ2n) is 9.23. The first-order valence-electron chi connectivity index (χ1n) is 12.1. The number of anilines is 3. The predicted octanol–water partition coefficient (Wildman–Crippen LogP) is 3.71. The van der Waals surface area contributed by atoms with Crippen LogP contribution in [0.15, 0.2) is 54.7 Å². The Morgan fingerprint density at radius 1 is 0.927 bits per heavy atom. The first-order chi connectivity index (χ1) is 19.1. The Bertz CT molecular complexity index is 1440. The predicted molar refractivity (Wildman–Crippen MR) is 137 cm³/mol. The monoisotopic (exact) mass is 582 g/mol. The summed E-state index contributed by atoms with van der Waals surface area (Å²) in [5.74, 6) is -5.30. The Labute approximate surface area is 229 Å². The van der Waals surface area contributed by atoms with Crippen LogP contribution in [-0.4, -0.2) is 60.4 Å². The molecule has 1 saturated heterocycles. The number of aromatic nitrogens is 2. The van der Waals surface area contributed by atoms with E-state index in [9.17, 15) is 35.9 Å². The number of hydrogen-bond donors (Lipinski definition) is 2. The van der Waals surface area contributed by atoms with Crippen LogP contribution in [0.1, 0.15) is 11.1 Å². The molecule has 1 aliphatic rings. The number of amides is 1. The van der Waals surface area contributed by atoms with Crippen molar-refractivity contribution >= 4 is 29.2 Å². The minimum Gasteiger partial charge on any atom is -0.427 e. The zero-order chi connectivity index (χ0) is 30.2. The van der Waals surface area contributed by atoms with Crippen LogP contribution in [0.5, 0.6) is 0 Å². The van der Waals surface area contributed by atoms with Crippen molar-refractivity contribution in [3.05, 3.63) is 65.9 Å². The number of aryl methyl sites for hydroxylation is 1. The van der Waals surface area contributed by atoms with Gasteiger partial charge in [0.1, 0.15) is 0 Å². The van der Waals surface area contributed by atoms with Gasteiger partial charge in [0.2, 0.25) is 0 Å². The van der Waals surface area contributed by atoms with Crippen molar-refractivity contribution in [1.29, 1.82) is 0 Å². The lowest BCUT2D eigenvalue weighted by Crippen LogP contribution is -2.57. The number of ether oxygens (including phenoxy) is 1. The maximum Gasteiger partial charge on any atom is 0.490 e. The minimum atomic E-state index is -5.84. The number of primary amides is 1. The summed E-state index contributed by atoms with van der Waals surface area (Å²) in [6, 6.07) is 12.2. The second kappa shape index (κ2) is 10.8. The van der Waals surface area contributed by atoms with E-state index >= 15 is 0 Å². The number of nitrogen functional groups attached to an aromatic ring is 1. The largest absolute Gasteiger partial charge is 0.490 e. The number of rotatable bonds is 6. The van der Waals surface area contributed by atoms with Crippen molar-refractivity contribution in [3.8, 4) is 11.3 Å². The van der Waals surface area contributed by atoms with Crippen LogP contribution in [0, 0.1) is 6.92 Å². The van der Waals surface area contributed by atoms with Crippen molar-refractivity contribution in [1.82, 2.24) is 9.97 Å². The van der Waals surface area contributed by atoms with E-state index < -0.39 is 35.4 Å². The minimum absolute atomic E-state index is 0.0155. The highest BCUT2D eigenvalue weighted by atomic mass is 19.4. The van der Waals surface area contributed by atoms with Crippen molar-refractivity contribution in [3.63, 3.8) is 0 Å². The van der Waals surface area contributed by atoms with Gasteiger partial charge in [-0.3, -0.25) is 4.79 Å². The van der Waals surface area contributed by atoms with Crippen LogP contribution < -0.4 is 21.3 Å². The lowest BCUT2D eigenvalue weighted by Gasteiger charge is -2.37. The lowest BCUT2D eigenvalue weighted by atomic mass is 9.88. The maximum absolute atomic E-state index is 14.2. The fourth-order valence-corrected chi connectivity index (χ4v) is 4.49. The molecule has 0 saturated carbocycles. The summed E-state index contributed by atoms with van der Waals surface area (Å²) in [4.78, 5) is 36.2. The number of nitrogens with zero attached hydrogens (tertiary/aromatic N) is 4. The van der Waals surface area contributed by atoms with Gasteiger partial charge in [-0.2, -0.15) is 26.3 Å². The van der Waals surface area contributed by atoms with Crippen molar-refractivity contribution in [2.75, 3.05) is 41.7 Å². The summed E-state index contributed by atoms with van der Waals surface area (Å²) in [5, 5.41) is 0. The molecule has 9 nitrogen and oxygen atoms in total. The molecule has 3 aromatic rings. The summed E-state index contributed by atoms with van der Waals surface area (Å²) >= 11 is 0. The molecule has 0 radical (unpaired) electrons. The van der Waals surface area contributed by atoms with Crippen LogP contribution in [-0.2, 0) is 19.9 Å². The van der Waals surface area contributed by atoms with Gasteiger partial charge in [0.15, 0.2) is 11.6 Å². The van der Waals surface area contributed by atoms with Crippen molar-refractivity contribution in [2.45, 2.75) is 24.9 Å². The van der Waals surface area contributed by atoms with Gasteiger partial charge in [-0.05, 0) is 30.7 Å². The standard InChI is InChI=1S/C26H24F6N6O3/c1-15-7-8-16(24(22(34)39,26(30,31)32)41-23(40)25(27,28)29)13-18(15)19-14-35-20(33)21(36-19)38-11-9-37(10-12-38)17-5-3-2-4-6-17/h2-8,13-14H,9-12H2,1H3,(H2,33,35)(H2,34,39). The van der Waals surface area contributed by atoms with E-state index in [1.54, 1.807) is 0 Å². The molecule has 2 heterocycles. The van der Waals surface area contributed by atoms with Crippen LogP contribution in [0.4, 0.5) is 43.7 Å². The molecule has 1 amide bonds. The number of esters is 1. The SMILES string of the molecule is Cc1ccc(C(OC(=O)C(F)(F)F)(C(N)=O)C(F)(F)F)cc1-c1cnc(N)c(N2CCN(c3ccccc3)CC2)n1. The fraction of sp³-hybridized carbons (Fsp3) is 0.308. The fourth-order valence-electron chi connectivity index (χ4n) is 4.49. The first kappa shape index (κ1) is 29.4. The van der Waals surface area contributed by atoms with Crippen LogP contribution in [0.25, 0.3) is 11.3 Å². The molecular weight excluding hydrogens is 558 g/mol. The van der Waals surface area contributed by atoms with Gasteiger partial charge in [-0.15, -0.1) is 0 Å². The van der Waals surface area contributed by atoms with Crippen LogP contribution >= 0.6 is 0 Å². The van der Waals surface area contributed by atoms with E-state index in [1.807, 2.05) is 35.2 Å². The molecule has 0 aliphatic carbocycles. The Morgan fingerprint density at radius 2 is 1.54 bits per heavy atom. The molecule has 41 heavy (non-hydrogen) atoms. The highest BCUT2D eigenvalue weighted by molar-refractivity contribution is 5.90. The summed E-state index contributed by atoms with van der Waals surface area (Å²) < 4.78 is 85.1. The van der Waals surface area contributed by atoms with E-state index in [2.05, 4.69) is 19.6 Å². The average Bonchev–Trinajstić information content (AvgIpc) is 2.91. The smallest absolute Gasteiger partial charge is 0.427 e. The maximum atomic E-state index is 14.2. The second-order valence-corrected chi connectivity index (χ2v) is 9.23. The average molecular weight is 583 g/mol.